The number of benzene rings is 2. The first-order valence-corrected chi connectivity index (χ1v) is 14.8. The summed E-state index contributed by atoms with van der Waals surface area (Å²) in [5.74, 6) is 1.42. The standard InChI is InChI=1S/C31H32ClFN8O3/c1-3-38-19-34-37-29(38)17-41-26-13-21(31(42)43)8-10-25(26)35-28(41)16-39-11-12-40(15-20(39)2)27-5-4-6-30(36-27)44-18-22-7-9-23(32)14-24(22)33/h4-10,13-14,19-20H,3,11-12,15-18H2,1-2H3,(H,42,43)/t20-/m0/s1. The summed E-state index contributed by atoms with van der Waals surface area (Å²) < 4.78 is 24.0. The van der Waals surface area contributed by atoms with Crippen molar-refractivity contribution in [2.75, 3.05) is 24.5 Å². The molecule has 1 aliphatic heterocycles. The Morgan fingerprint density at radius 2 is 1.95 bits per heavy atom. The van der Waals surface area contributed by atoms with Crippen LogP contribution in [0.25, 0.3) is 11.0 Å². The summed E-state index contributed by atoms with van der Waals surface area (Å²) in [6.45, 7) is 8.20. The number of aromatic carboxylic acids is 1. The van der Waals surface area contributed by atoms with E-state index in [-0.39, 0.29) is 18.2 Å². The summed E-state index contributed by atoms with van der Waals surface area (Å²) in [5.41, 5.74) is 2.10. The Labute approximate surface area is 258 Å². The van der Waals surface area contributed by atoms with Crippen molar-refractivity contribution in [3.05, 3.63) is 94.5 Å². The molecule has 0 amide bonds. The maximum absolute atomic E-state index is 14.2. The van der Waals surface area contributed by atoms with Crippen molar-refractivity contribution in [1.82, 2.24) is 34.2 Å². The van der Waals surface area contributed by atoms with Crippen LogP contribution < -0.4 is 9.64 Å². The van der Waals surface area contributed by atoms with Crippen LogP contribution in [-0.4, -0.2) is 71.0 Å². The third kappa shape index (κ3) is 6.22. The quantitative estimate of drug-likeness (QED) is 0.234. The summed E-state index contributed by atoms with van der Waals surface area (Å²) >= 11 is 5.86. The van der Waals surface area contributed by atoms with Crippen LogP contribution in [0.15, 0.2) is 60.9 Å². The Morgan fingerprint density at radius 3 is 2.73 bits per heavy atom. The molecule has 44 heavy (non-hydrogen) atoms. The Hall–Kier alpha value is -4.55. The van der Waals surface area contributed by atoms with Crippen molar-refractivity contribution in [2.45, 2.75) is 46.1 Å². The molecular weight excluding hydrogens is 587 g/mol. The fraction of sp³-hybridized carbons (Fsp3) is 0.323. The number of anilines is 1. The number of nitrogens with zero attached hydrogens (tertiary/aromatic N) is 8. The maximum Gasteiger partial charge on any atom is 0.335 e. The van der Waals surface area contributed by atoms with Crippen molar-refractivity contribution in [3.63, 3.8) is 0 Å². The molecule has 0 saturated carbocycles. The van der Waals surface area contributed by atoms with Gasteiger partial charge in [0.1, 0.15) is 30.4 Å². The minimum Gasteiger partial charge on any atom is -0.478 e. The van der Waals surface area contributed by atoms with Gasteiger partial charge in [-0.15, -0.1) is 10.2 Å². The predicted octanol–water partition coefficient (Wildman–Crippen LogP) is 4.87. The van der Waals surface area contributed by atoms with Crippen molar-refractivity contribution >= 4 is 34.4 Å². The average molecular weight is 619 g/mol. The predicted molar refractivity (Wildman–Crippen MR) is 164 cm³/mol. The molecule has 0 unspecified atom stereocenters. The van der Waals surface area contributed by atoms with E-state index in [0.29, 0.717) is 29.6 Å². The highest BCUT2D eigenvalue weighted by Gasteiger charge is 2.27. The minimum atomic E-state index is -0.983. The van der Waals surface area contributed by atoms with Crippen LogP contribution in [0.3, 0.4) is 0 Å². The van der Waals surface area contributed by atoms with Gasteiger partial charge in [0.15, 0.2) is 5.82 Å². The molecule has 1 aliphatic rings. The van der Waals surface area contributed by atoms with Crippen LogP contribution in [-0.2, 0) is 26.2 Å². The molecule has 0 spiro atoms. The Balaban J connectivity index is 1.17. The number of aromatic nitrogens is 6. The summed E-state index contributed by atoms with van der Waals surface area (Å²) in [7, 11) is 0. The fourth-order valence-corrected chi connectivity index (χ4v) is 5.64. The van der Waals surface area contributed by atoms with Gasteiger partial charge in [-0.1, -0.05) is 23.7 Å². The lowest BCUT2D eigenvalue weighted by Gasteiger charge is -2.40. The molecular formula is C31H32ClFN8O3. The van der Waals surface area contributed by atoms with Gasteiger partial charge in [-0.25, -0.2) is 14.2 Å². The molecule has 1 fully saturated rings. The molecule has 228 valence electrons. The third-order valence-corrected chi connectivity index (χ3v) is 8.18. The molecule has 6 rings (SSSR count). The molecule has 0 radical (unpaired) electrons. The van der Waals surface area contributed by atoms with Crippen LogP contribution in [0.2, 0.25) is 5.02 Å². The number of carboxylic acids is 1. The highest BCUT2D eigenvalue weighted by atomic mass is 35.5. The Morgan fingerprint density at radius 1 is 1.09 bits per heavy atom. The lowest BCUT2D eigenvalue weighted by atomic mass is 10.2. The van der Waals surface area contributed by atoms with E-state index in [9.17, 15) is 14.3 Å². The molecule has 0 aliphatic carbocycles. The van der Waals surface area contributed by atoms with Crippen LogP contribution in [0.1, 0.15) is 41.4 Å². The summed E-state index contributed by atoms with van der Waals surface area (Å²) in [4.78, 5) is 25.9. The van der Waals surface area contributed by atoms with Crippen molar-refractivity contribution in [3.8, 4) is 5.88 Å². The fourth-order valence-electron chi connectivity index (χ4n) is 5.48. The maximum atomic E-state index is 14.2. The first-order valence-electron chi connectivity index (χ1n) is 14.4. The molecule has 11 nitrogen and oxygen atoms in total. The summed E-state index contributed by atoms with van der Waals surface area (Å²) in [6.07, 6.45) is 1.70. The highest BCUT2D eigenvalue weighted by molar-refractivity contribution is 6.30. The van der Waals surface area contributed by atoms with E-state index in [4.69, 9.17) is 21.3 Å². The van der Waals surface area contributed by atoms with Gasteiger partial charge in [0.05, 0.1) is 29.7 Å². The van der Waals surface area contributed by atoms with Gasteiger partial charge >= 0.3 is 5.97 Å². The number of fused-ring (bicyclic) bond motifs is 1. The number of hydrogen-bond donors (Lipinski definition) is 1. The van der Waals surface area contributed by atoms with E-state index in [1.54, 1.807) is 42.7 Å². The van der Waals surface area contributed by atoms with E-state index in [1.807, 2.05) is 28.2 Å². The number of carbonyl (C=O) groups is 1. The van der Waals surface area contributed by atoms with Gasteiger partial charge in [0.25, 0.3) is 0 Å². The van der Waals surface area contributed by atoms with E-state index in [0.717, 1.165) is 54.7 Å². The molecule has 0 bridgehead atoms. The first-order chi connectivity index (χ1) is 21.3. The number of imidazole rings is 1. The summed E-state index contributed by atoms with van der Waals surface area (Å²) in [5, 5.41) is 18.3. The van der Waals surface area contributed by atoms with Gasteiger partial charge in [-0.05, 0) is 50.2 Å². The van der Waals surface area contributed by atoms with Crippen molar-refractivity contribution in [2.24, 2.45) is 0 Å². The van der Waals surface area contributed by atoms with Gasteiger partial charge in [0, 0.05) is 48.9 Å². The lowest BCUT2D eigenvalue weighted by Crippen LogP contribution is -2.52. The second kappa shape index (κ2) is 12.6. The zero-order chi connectivity index (χ0) is 30.8. The van der Waals surface area contributed by atoms with E-state index < -0.39 is 11.8 Å². The number of ether oxygens (including phenoxy) is 1. The molecule has 5 aromatic rings. The Bertz CT molecular complexity index is 1810. The van der Waals surface area contributed by atoms with Crippen LogP contribution in [0.5, 0.6) is 5.88 Å². The third-order valence-electron chi connectivity index (χ3n) is 7.94. The van der Waals surface area contributed by atoms with E-state index in [1.165, 1.54) is 6.07 Å². The number of halogens is 2. The molecule has 4 heterocycles. The van der Waals surface area contributed by atoms with Gasteiger partial charge in [-0.3, -0.25) is 4.90 Å². The Kier molecular flexibility index (Phi) is 8.45. The highest BCUT2D eigenvalue weighted by Crippen LogP contribution is 2.25. The SMILES string of the molecule is CCn1cnnc1Cn1c(CN2CCN(c3cccc(OCc4ccc(Cl)cc4F)n3)C[C@@H]2C)nc2ccc(C(=O)O)cc21. The van der Waals surface area contributed by atoms with Gasteiger partial charge in [-0.2, -0.15) is 4.98 Å². The molecule has 1 saturated heterocycles. The normalized spacial score (nSPS) is 15.6. The second-order valence-electron chi connectivity index (χ2n) is 10.8. The lowest BCUT2D eigenvalue weighted by molar-refractivity contribution is 0.0697. The van der Waals surface area contributed by atoms with Crippen LogP contribution in [0, 0.1) is 5.82 Å². The van der Waals surface area contributed by atoms with E-state index in [2.05, 4.69) is 31.9 Å². The number of hydrogen-bond acceptors (Lipinski definition) is 8. The van der Waals surface area contributed by atoms with Gasteiger partial charge < -0.3 is 23.9 Å². The zero-order valence-electron chi connectivity index (χ0n) is 24.4. The number of piperazine rings is 1. The molecule has 1 atom stereocenters. The van der Waals surface area contributed by atoms with E-state index >= 15 is 0 Å². The number of pyridine rings is 1. The smallest absolute Gasteiger partial charge is 0.335 e. The number of aryl methyl sites for hydroxylation is 1. The zero-order valence-corrected chi connectivity index (χ0v) is 25.2. The molecule has 1 N–H and O–H groups in total. The number of carboxylic acid groups (broad SMARTS) is 1. The molecule has 3 aromatic heterocycles. The second-order valence-corrected chi connectivity index (χ2v) is 11.2. The van der Waals surface area contributed by atoms with Crippen LogP contribution in [0.4, 0.5) is 10.2 Å². The first kappa shape index (κ1) is 29.5. The number of rotatable bonds is 10. The molecule has 2 aromatic carbocycles. The molecule has 13 heteroatoms. The van der Waals surface area contributed by atoms with Crippen LogP contribution >= 0.6 is 11.6 Å². The summed E-state index contributed by atoms with van der Waals surface area (Å²) in [6, 6.07) is 15.3. The minimum absolute atomic E-state index is 0.0488. The van der Waals surface area contributed by atoms with Crippen molar-refractivity contribution < 1.29 is 19.0 Å². The topological polar surface area (TPSA) is 114 Å². The average Bonchev–Trinajstić information content (AvgIpc) is 3.61. The van der Waals surface area contributed by atoms with Gasteiger partial charge in [0.2, 0.25) is 5.88 Å². The monoisotopic (exact) mass is 618 g/mol. The van der Waals surface area contributed by atoms with Crippen molar-refractivity contribution in [1.29, 1.82) is 0 Å². The largest absolute Gasteiger partial charge is 0.478 e.